The van der Waals surface area contributed by atoms with Gasteiger partial charge in [-0.1, -0.05) is 48.5 Å². The Kier molecular flexibility index (Phi) is 10.6. The van der Waals surface area contributed by atoms with Crippen LogP contribution in [0.4, 0.5) is 13.8 Å². The van der Waals surface area contributed by atoms with Crippen molar-refractivity contribution < 1.29 is 56.6 Å². The van der Waals surface area contributed by atoms with Gasteiger partial charge in [-0.05, 0) is 22.3 Å². The van der Waals surface area contributed by atoms with Gasteiger partial charge in [-0.3, -0.25) is 14.4 Å². The minimum atomic E-state index is -2.03. The van der Waals surface area contributed by atoms with Crippen molar-refractivity contribution in [1.29, 1.82) is 0 Å². The summed E-state index contributed by atoms with van der Waals surface area (Å²) >= 11 is 0. The van der Waals surface area contributed by atoms with Gasteiger partial charge < -0.3 is 33.7 Å². The highest BCUT2D eigenvalue weighted by Gasteiger charge is 2.54. The lowest BCUT2D eigenvalue weighted by Crippen LogP contribution is -2.64. The number of amides is 1. The van der Waals surface area contributed by atoms with Crippen molar-refractivity contribution >= 4 is 24.0 Å². The van der Waals surface area contributed by atoms with Crippen molar-refractivity contribution in [1.82, 2.24) is 10.7 Å². The number of hydrogen-bond donors (Lipinski definition) is 1. The number of carbonyl (C=O) groups excluding carboxylic acids is 4. The third kappa shape index (κ3) is 7.83. The second-order valence-electron chi connectivity index (χ2n) is 9.87. The molecule has 1 heterocycles. The van der Waals surface area contributed by atoms with E-state index >= 15 is 0 Å². The van der Waals surface area contributed by atoms with E-state index in [9.17, 15) is 28.1 Å². The van der Waals surface area contributed by atoms with Crippen LogP contribution in [-0.4, -0.2) is 86.4 Å². The minimum Gasteiger partial charge on any atom is -0.463 e. The van der Waals surface area contributed by atoms with Crippen LogP contribution in [0.25, 0.3) is 11.1 Å². The summed E-state index contributed by atoms with van der Waals surface area (Å²) in [6.45, 7) is 2.24. The molecule has 2 unspecified atom stereocenters. The van der Waals surface area contributed by atoms with E-state index in [1.807, 2.05) is 48.5 Å². The highest BCUT2D eigenvalue weighted by Crippen LogP contribution is 2.44. The van der Waals surface area contributed by atoms with Crippen LogP contribution in [0.5, 0.6) is 0 Å². The first-order valence-corrected chi connectivity index (χ1v) is 13.5. The summed E-state index contributed by atoms with van der Waals surface area (Å²) in [5.74, 6) is -2.66. The quantitative estimate of drug-likeness (QED) is 0.175. The fourth-order valence-electron chi connectivity index (χ4n) is 5.21. The van der Waals surface area contributed by atoms with Crippen LogP contribution in [0.1, 0.15) is 37.8 Å². The maximum atomic E-state index is 14.1. The van der Waals surface area contributed by atoms with E-state index in [0.29, 0.717) is 0 Å². The van der Waals surface area contributed by atoms with Gasteiger partial charge in [-0.25, -0.2) is 4.79 Å². The third-order valence-corrected chi connectivity index (χ3v) is 6.89. The lowest BCUT2D eigenvalue weighted by atomic mass is 9.96. The van der Waals surface area contributed by atoms with Crippen LogP contribution in [-0.2, 0) is 42.8 Å². The molecule has 5 atom stereocenters. The standard InChI is InChI=1S/C29H32F2N2O10/c1-16(34)39-15-24-26(41-17(2)35)27(42-18(3)36)25(33(30)31)28(43-24)38-13-12-32-29(37)40-14-23-21-10-6-4-8-19(21)20-9-5-7-11-22(20)23/h4-11,23-28H,12-15H2,1-3H3,(H,32,37)/t24?,25?,26-,27+,28+/m0/s1. The minimum absolute atomic E-state index is 0.0760. The molecule has 0 saturated carbocycles. The topological polar surface area (TPSA) is 139 Å². The second kappa shape index (κ2) is 14.4. The molecule has 12 nitrogen and oxygen atoms in total. The predicted octanol–water partition coefficient (Wildman–Crippen LogP) is 3.13. The maximum absolute atomic E-state index is 14.1. The molecule has 0 radical (unpaired) electrons. The number of carbonyl (C=O) groups is 4. The Labute approximate surface area is 246 Å². The van der Waals surface area contributed by atoms with Crippen LogP contribution in [0.15, 0.2) is 48.5 Å². The van der Waals surface area contributed by atoms with Crippen molar-refractivity contribution in [2.24, 2.45) is 0 Å². The van der Waals surface area contributed by atoms with E-state index in [2.05, 4.69) is 5.32 Å². The van der Waals surface area contributed by atoms with Crippen molar-refractivity contribution in [2.75, 3.05) is 26.4 Å². The van der Waals surface area contributed by atoms with Crippen LogP contribution in [0.2, 0.25) is 0 Å². The van der Waals surface area contributed by atoms with Crippen LogP contribution in [0.3, 0.4) is 0 Å². The zero-order chi connectivity index (χ0) is 31.1. The van der Waals surface area contributed by atoms with Gasteiger partial charge in [-0.2, -0.15) is 0 Å². The first-order chi connectivity index (χ1) is 20.6. The number of rotatable bonds is 11. The number of halogens is 2. The number of esters is 3. The monoisotopic (exact) mass is 606 g/mol. The molecule has 43 heavy (non-hydrogen) atoms. The molecule has 14 heteroatoms. The van der Waals surface area contributed by atoms with Gasteiger partial charge in [0.1, 0.15) is 19.3 Å². The van der Waals surface area contributed by atoms with Crippen molar-refractivity contribution in [2.45, 2.75) is 57.3 Å². The fourth-order valence-corrected chi connectivity index (χ4v) is 5.21. The lowest BCUT2D eigenvalue weighted by Gasteiger charge is -2.44. The Bertz CT molecular complexity index is 1280. The van der Waals surface area contributed by atoms with Gasteiger partial charge in [0.15, 0.2) is 24.5 Å². The van der Waals surface area contributed by atoms with Gasteiger partial charge in [0.2, 0.25) is 0 Å². The molecule has 0 bridgehead atoms. The highest BCUT2D eigenvalue weighted by atomic mass is 19.4. The molecule has 2 aromatic carbocycles. The number of fused-ring (bicyclic) bond motifs is 3. The summed E-state index contributed by atoms with van der Waals surface area (Å²) < 4.78 is 59.9. The van der Waals surface area contributed by atoms with E-state index in [0.717, 1.165) is 43.0 Å². The average molecular weight is 607 g/mol. The van der Waals surface area contributed by atoms with Gasteiger partial charge in [-0.15, -0.1) is 8.96 Å². The molecule has 0 spiro atoms. The van der Waals surface area contributed by atoms with E-state index in [1.165, 1.54) is 0 Å². The number of nitrogens with zero attached hydrogens (tertiary/aromatic N) is 1. The molecule has 1 aliphatic heterocycles. The Morgan fingerprint density at radius 2 is 1.40 bits per heavy atom. The Morgan fingerprint density at radius 1 is 0.814 bits per heavy atom. The lowest BCUT2D eigenvalue weighted by molar-refractivity contribution is -0.342. The smallest absolute Gasteiger partial charge is 0.407 e. The molecule has 2 aliphatic rings. The van der Waals surface area contributed by atoms with E-state index in [4.69, 9.17) is 28.4 Å². The molecule has 232 valence electrons. The molecule has 1 fully saturated rings. The van der Waals surface area contributed by atoms with Gasteiger partial charge in [0.05, 0.1) is 6.61 Å². The molecule has 1 N–H and O–H groups in total. The second-order valence-corrected chi connectivity index (χ2v) is 9.87. The normalized spacial score (nSPS) is 22.7. The number of hydrogen-bond acceptors (Lipinski definition) is 11. The summed E-state index contributed by atoms with van der Waals surface area (Å²) in [5.41, 5.74) is 4.24. The summed E-state index contributed by atoms with van der Waals surface area (Å²) in [5, 5.41) is 1.22. The molecule has 1 saturated heterocycles. The highest BCUT2D eigenvalue weighted by molar-refractivity contribution is 5.79. The first kappa shape index (κ1) is 31.8. The maximum Gasteiger partial charge on any atom is 0.407 e. The Balaban J connectivity index is 1.36. The molecule has 1 amide bonds. The molecule has 2 aromatic rings. The summed E-state index contributed by atoms with van der Waals surface area (Å²) in [6.07, 6.45) is -7.08. The third-order valence-electron chi connectivity index (χ3n) is 6.89. The SMILES string of the molecule is CC(=O)OCC1O[C@@H](OCCNC(=O)OCC2c3ccccc3-c3ccccc32)C(N(F)F)[C@@H](OC(C)=O)[C@H]1OC(C)=O. The fraction of sp³-hybridized carbons (Fsp3) is 0.448. The number of alkyl carbamates (subject to hydrolysis) is 1. The number of ether oxygens (including phenoxy) is 6. The van der Waals surface area contributed by atoms with Crippen molar-refractivity contribution in [3.05, 3.63) is 59.7 Å². The zero-order valence-electron chi connectivity index (χ0n) is 23.7. The molecule has 0 aromatic heterocycles. The first-order valence-electron chi connectivity index (χ1n) is 13.5. The van der Waals surface area contributed by atoms with Crippen molar-refractivity contribution in [3.8, 4) is 11.1 Å². The summed E-state index contributed by atoms with van der Waals surface area (Å²) in [6, 6.07) is 13.7. The van der Waals surface area contributed by atoms with Crippen LogP contribution >= 0.6 is 0 Å². The van der Waals surface area contributed by atoms with Crippen LogP contribution in [0, 0.1) is 0 Å². The largest absolute Gasteiger partial charge is 0.463 e. The van der Waals surface area contributed by atoms with Crippen LogP contribution < -0.4 is 5.32 Å². The molecular weight excluding hydrogens is 574 g/mol. The van der Waals surface area contributed by atoms with E-state index in [1.54, 1.807) is 0 Å². The van der Waals surface area contributed by atoms with Gasteiger partial charge in [0, 0.05) is 38.6 Å². The Morgan fingerprint density at radius 3 is 1.95 bits per heavy atom. The number of benzene rings is 2. The summed E-state index contributed by atoms with van der Waals surface area (Å²) in [4.78, 5) is 47.3. The Hall–Kier alpha value is -4.14. The molecule has 4 rings (SSSR count). The molecular formula is C29H32F2N2O10. The van der Waals surface area contributed by atoms with Gasteiger partial charge >= 0.3 is 24.0 Å². The molecule has 1 aliphatic carbocycles. The zero-order valence-corrected chi connectivity index (χ0v) is 23.7. The summed E-state index contributed by atoms with van der Waals surface area (Å²) in [7, 11) is 0. The van der Waals surface area contributed by atoms with Gasteiger partial charge in [0.25, 0.3) is 0 Å². The van der Waals surface area contributed by atoms with Crippen molar-refractivity contribution in [3.63, 3.8) is 0 Å². The predicted molar refractivity (Wildman–Crippen MR) is 143 cm³/mol. The van der Waals surface area contributed by atoms with E-state index < -0.39 is 66.6 Å². The number of nitrogens with one attached hydrogen (secondary N) is 1. The van der Waals surface area contributed by atoms with E-state index in [-0.39, 0.29) is 25.7 Å². The average Bonchev–Trinajstić information content (AvgIpc) is 3.27.